The van der Waals surface area contributed by atoms with Crippen LogP contribution in [-0.4, -0.2) is 51.8 Å². The lowest BCUT2D eigenvalue weighted by Crippen LogP contribution is -2.31. The molecule has 12 nitrogen and oxygen atoms in total. The van der Waals surface area contributed by atoms with Crippen LogP contribution in [0.1, 0.15) is 24.4 Å². The van der Waals surface area contributed by atoms with Crippen LogP contribution in [0.2, 0.25) is 0 Å². The van der Waals surface area contributed by atoms with Gasteiger partial charge < -0.3 is 27.9 Å². The number of nitrogens with one attached hydrogen (secondary N) is 2. The molecule has 198 valence electrons. The van der Waals surface area contributed by atoms with Crippen molar-refractivity contribution < 1.29 is 13.2 Å². The molecule has 0 aliphatic rings. The summed E-state index contributed by atoms with van der Waals surface area (Å²) in [6, 6.07) is 2.77. The highest BCUT2D eigenvalue weighted by molar-refractivity contribution is 6.11. The minimum atomic E-state index is -3.01. The van der Waals surface area contributed by atoms with E-state index in [2.05, 4.69) is 30.3 Å². The Morgan fingerprint density at radius 3 is 2.66 bits per heavy atom. The van der Waals surface area contributed by atoms with Crippen molar-refractivity contribution in [2.75, 3.05) is 18.1 Å². The second kappa shape index (κ2) is 11.8. The SMILES string of the molecule is CN=CC=C(N)n1c([C@H](C)Nc2ncnc(N)c2C(N)=C(C=N)C=NC(F)F)nc2ccc(F)cc2c1=O. The highest BCUT2D eigenvalue weighted by atomic mass is 19.3. The average molecular weight is 528 g/mol. The Morgan fingerprint density at radius 1 is 1.26 bits per heavy atom. The number of fused-ring (bicyclic) bond motifs is 1. The maximum atomic E-state index is 13.9. The summed E-state index contributed by atoms with van der Waals surface area (Å²) >= 11 is 0. The molecule has 1 aromatic carbocycles. The zero-order valence-corrected chi connectivity index (χ0v) is 20.2. The third-order valence-electron chi connectivity index (χ3n) is 5.19. The third-order valence-corrected chi connectivity index (χ3v) is 5.19. The van der Waals surface area contributed by atoms with Crippen molar-refractivity contribution in [3.8, 4) is 0 Å². The van der Waals surface area contributed by atoms with Crippen LogP contribution < -0.4 is 28.1 Å². The van der Waals surface area contributed by atoms with Gasteiger partial charge in [0.1, 0.15) is 35.4 Å². The lowest BCUT2D eigenvalue weighted by atomic mass is 10.1. The van der Waals surface area contributed by atoms with Gasteiger partial charge in [-0.05, 0) is 31.2 Å². The van der Waals surface area contributed by atoms with Crippen LogP contribution in [0.5, 0.6) is 0 Å². The molecule has 2 heterocycles. The van der Waals surface area contributed by atoms with Crippen LogP contribution in [0, 0.1) is 11.2 Å². The Labute approximate surface area is 214 Å². The second-order valence-electron chi connectivity index (χ2n) is 7.69. The Bertz CT molecular complexity index is 1540. The van der Waals surface area contributed by atoms with Crippen LogP contribution in [-0.2, 0) is 0 Å². The fourth-order valence-electron chi connectivity index (χ4n) is 3.45. The summed E-state index contributed by atoms with van der Waals surface area (Å²) in [4.78, 5) is 32.7. The maximum Gasteiger partial charge on any atom is 0.331 e. The molecule has 0 saturated carbocycles. The van der Waals surface area contributed by atoms with Crippen molar-refractivity contribution in [2.24, 2.45) is 21.5 Å². The Morgan fingerprint density at radius 2 is 2.00 bits per heavy atom. The first-order valence-electron chi connectivity index (χ1n) is 10.9. The van der Waals surface area contributed by atoms with Gasteiger partial charge in [-0.15, -0.1) is 0 Å². The lowest BCUT2D eigenvalue weighted by Gasteiger charge is -2.21. The van der Waals surface area contributed by atoms with Gasteiger partial charge in [-0.3, -0.25) is 9.79 Å². The molecular weight excluding hydrogens is 503 g/mol. The fourth-order valence-corrected chi connectivity index (χ4v) is 3.45. The van der Waals surface area contributed by atoms with Gasteiger partial charge in [0.15, 0.2) is 0 Å². The first-order valence-corrected chi connectivity index (χ1v) is 10.9. The quantitative estimate of drug-likeness (QED) is 0.206. The van der Waals surface area contributed by atoms with Crippen LogP contribution in [0.4, 0.5) is 24.8 Å². The highest BCUT2D eigenvalue weighted by Crippen LogP contribution is 2.28. The van der Waals surface area contributed by atoms with E-state index in [-0.39, 0.29) is 51.0 Å². The zero-order valence-electron chi connectivity index (χ0n) is 20.2. The van der Waals surface area contributed by atoms with Gasteiger partial charge in [-0.2, -0.15) is 8.78 Å². The van der Waals surface area contributed by atoms with Crippen LogP contribution >= 0.6 is 0 Å². The topological polar surface area (TPSA) is 199 Å². The molecule has 0 bridgehead atoms. The number of anilines is 2. The highest BCUT2D eigenvalue weighted by Gasteiger charge is 2.22. The number of rotatable bonds is 9. The molecule has 0 aliphatic heterocycles. The number of nitrogens with zero attached hydrogens (tertiary/aromatic N) is 6. The number of halogens is 3. The molecule has 3 aromatic rings. The van der Waals surface area contributed by atoms with Gasteiger partial charge in [0, 0.05) is 31.3 Å². The fraction of sp³-hybridized carbons (Fsp3) is 0.174. The monoisotopic (exact) mass is 527 g/mol. The van der Waals surface area contributed by atoms with Gasteiger partial charge in [-0.1, -0.05) is 0 Å². The van der Waals surface area contributed by atoms with E-state index in [0.29, 0.717) is 0 Å². The van der Waals surface area contributed by atoms with Crippen molar-refractivity contribution in [1.82, 2.24) is 19.5 Å². The van der Waals surface area contributed by atoms with E-state index < -0.39 is 24.0 Å². The maximum absolute atomic E-state index is 13.9. The number of aromatic nitrogens is 4. The number of nitrogens with two attached hydrogens (primary N) is 3. The standard InChI is InChI=1S/C23H24F3N11O/c1-11(35-20-17(19(30)33-10-34-20)18(29)12(8-27)9-32-23(25)26)21-36-15-4-3-13(24)7-14(15)22(38)37(21)16(28)5-6-31-2/h3-11,23,27H,28-29H2,1-2H3,(H3,30,33,34,35)/t11-/m0/s1. The summed E-state index contributed by atoms with van der Waals surface area (Å²) in [6.45, 7) is -1.38. The summed E-state index contributed by atoms with van der Waals surface area (Å²) in [5.41, 5.74) is 17.5. The summed E-state index contributed by atoms with van der Waals surface area (Å²) in [7, 11) is 1.51. The Balaban J connectivity index is 2.20. The van der Waals surface area contributed by atoms with Crippen LogP contribution in [0.15, 0.2) is 51.0 Å². The molecule has 0 saturated heterocycles. The van der Waals surface area contributed by atoms with Crippen molar-refractivity contribution in [3.63, 3.8) is 0 Å². The summed E-state index contributed by atoms with van der Waals surface area (Å²) in [6.07, 6.45) is 5.33. The predicted octanol–water partition coefficient (Wildman–Crippen LogP) is 2.15. The first-order chi connectivity index (χ1) is 18.1. The van der Waals surface area contributed by atoms with E-state index in [1.165, 1.54) is 31.5 Å². The molecule has 2 aromatic heterocycles. The third kappa shape index (κ3) is 5.83. The van der Waals surface area contributed by atoms with Crippen LogP contribution in [0.25, 0.3) is 22.4 Å². The van der Waals surface area contributed by atoms with E-state index in [0.717, 1.165) is 29.4 Å². The minimum Gasteiger partial charge on any atom is -0.397 e. The normalized spacial score (nSPS) is 13.9. The van der Waals surface area contributed by atoms with E-state index in [9.17, 15) is 18.0 Å². The number of benzene rings is 1. The zero-order chi connectivity index (χ0) is 28.0. The Hall–Kier alpha value is -5.08. The first kappa shape index (κ1) is 27.5. The smallest absolute Gasteiger partial charge is 0.331 e. The molecule has 1 atom stereocenters. The number of aliphatic imine (C=N–C) groups is 2. The van der Waals surface area contributed by atoms with E-state index in [1.54, 1.807) is 6.92 Å². The van der Waals surface area contributed by atoms with Crippen molar-refractivity contribution in [3.05, 3.63) is 63.7 Å². The molecule has 3 rings (SSSR count). The molecule has 0 aliphatic carbocycles. The van der Waals surface area contributed by atoms with E-state index in [1.807, 2.05) is 0 Å². The van der Waals surface area contributed by atoms with Gasteiger partial charge >= 0.3 is 6.55 Å². The van der Waals surface area contributed by atoms with Crippen molar-refractivity contribution in [1.29, 1.82) is 5.41 Å². The van der Waals surface area contributed by atoms with Gasteiger partial charge in [-0.25, -0.2) is 28.9 Å². The molecule has 15 heteroatoms. The number of hydrogen-bond donors (Lipinski definition) is 5. The largest absolute Gasteiger partial charge is 0.397 e. The lowest BCUT2D eigenvalue weighted by molar-refractivity contribution is 0.161. The number of hydrogen-bond acceptors (Lipinski definition) is 11. The molecule has 0 spiro atoms. The number of allylic oxidation sites excluding steroid dienone is 2. The van der Waals surface area contributed by atoms with E-state index >= 15 is 0 Å². The molecule has 0 amide bonds. The molecule has 0 fully saturated rings. The van der Waals surface area contributed by atoms with E-state index in [4.69, 9.17) is 22.6 Å². The van der Waals surface area contributed by atoms with Gasteiger partial charge in [0.2, 0.25) is 0 Å². The van der Waals surface area contributed by atoms with Gasteiger partial charge in [0.05, 0.1) is 28.2 Å². The summed E-state index contributed by atoms with van der Waals surface area (Å²) < 4.78 is 40.1. The summed E-state index contributed by atoms with van der Waals surface area (Å²) in [5, 5.41) is 10.6. The number of nitrogen functional groups attached to an aromatic ring is 1. The predicted molar refractivity (Wildman–Crippen MR) is 142 cm³/mol. The second-order valence-corrected chi connectivity index (χ2v) is 7.69. The van der Waals surface area contributed by atoms with Gasteiger partial charge in [0.25, 0.3) is 5.56 Å². The molecular formula is C23H24F3N11O. The molecule has 0 unspecified atom stereocenters. The summed E-state index contributed by atoms with van der Waals surface area (Å²) in [5.74, 6) is -0.621. The van der Waals surface area contributed by atoms with Crippen LogP contribution in [0.3, 0.4) is 0 Å². The Kier molecular flexibility index (Phi) is 8.52. The molecule has 0 radical (unpaired) electrons. The minimum absolute atomic E-state index is 0.00109. The van der Waals surface area contributed by atoms with Crippen molar-refractivity contribution >= 4 is 52.7 Å². The van der Waals surface area contributed by atoms with Crippen molar-refractivity contribution in [2.45, 2.75) is 19.5 Å². The molecule has 38 heavy (non-hydrogen) atoms. The number of alkyl halides is 2. The molecule has 8 N–H and O–H groups in total. The average Bonchev–Trinajstić information content (AvgIpc) is 2.87.